The van der Waals surface area contributed by atoms with Gasteiger partial charge in [-0.2, -0.15) is 0 Å². The number of aryl methyl sites for hydroxylation is 1. The first kappa shape index (κ1) is 53.2. The number of hydrogen-bond donors (Lipinski definition) is 4. The van der Waals surface area contributed by atoms with E-state index in [-0.39, 0.29) is 37.8 Å². The summed E-state index contributed by atoms with van der Waals surface area (Å²) < 4.78 is 58.8. The molecule has 1 aliphatic heterocycles. The van der Waals surface area contributed by atoms with Gasteiger partial charge in [0.2, 0.25) is 17.7 Å². The average Bonchev–Trinajstić information content (AvgIpc) is 3.95. The third kappa shape index (κ3) is 16.8. The first-order chi connectivity index (χ1) is 33.5. The van der Waals surface area contributed by atoms with Crippen LogP contribution in [-0.4, -0.2) is 107 Å². The number of nitrogens with zero attached hydrogens (tertiary/aromatic N) is 4. The molecule has 1 aliphatic rings. The second-order valence-corrected chi connectivity index (χ2v) is 18.9. The number of halogens is 3. The summed E-state index contributed by atoms with van der Waals surface area (Å²) in [5, 5.41) is 19.4. The molecule has 0 spiro atoms. The molecule has 3 aromatic carbocycles. The molecular weight excluding hydrogens is 928 g/mol. The largest absolute Gasteiger partial charge is 0.573 e. The van der Waals surface area contributed by atoms with Crippen molar-refractivity contribution in [1.29, 1.82) is 0 Å². The molecule has 3 atom stereocenters. The van der Waals surface area contributed by atoms with E-state index in [1.54, 1.807) is 17.4 Å². The smallest absolute Gasteiger partial charge is 0.494 e. The molecule has 19 heteroatoms. The molecule has 2 aromatic heterocycles. The number of benzene rings is 3. The second kappa shape index (κ2) is 25.6. The summed E-state index contributed by atoms with van der Waals surface area (Å²) >= 11 is 1.57. The van der Waals surface area contributed by atoms with Crippen molar-refractivity contribution >= 4 is 40.6 Å². The zero-order valence-corrected chi connectivity index (χ0v) is 40.7. The highest BCUT2D eigenvalue weighted by atomic mass is 32.1. The number of unbranched alkanes of at least 4 members (excludes halogenated alkanes) is 4. The van der Waals surface area contributed by atoms with Crippen LogP contribution in [0.25, 0.3) is 21.7 Å². The SMILES string of the molecule is Cc1ncsc1-c1ccc(CNC(=O)C2CC(O)CN2C(=O)[C@@H](NC(=O)COCCCCCOCCCCCOc2cccc(-c3cc(Nc4ccc(OC(F)(F)F)cc4)ncn3)c2)C(C)(C)C)cc1. The monoisotopic (exact) mass is 989 g/mol. The summed E-state index contributed by atoms with van der Waals surface area (Å²) in [6.07, 6.45) is 1.01. The summed E-state index contributed by atoms with van der Waals surface area (Å²) in [5.74, 6) is -0.381. The third-order valence-electron chi connectivity index (χ3n) is 11.4. The number of aromatic nitrogens is 3. The van der Waals surface area contributed by atoms with Crippen molar-refractivity contribution in [2.24, 2.45) is 5.41 Å². The molecule has 3 amide bonds. The topological polar surface area (TPSA) is 186 Å². The molecule has 376 valence electrons. The Labute approximate surface area is 410 Å². The number of thiazole rings is 1. The molecule has 0 radical (unpaired) electrons. The van der Waals surface area contributed by atoms with Gasteiger partial charge in [0.05, 0.1) is 34.5 Å². The fourth-order valence-electron chi connectivity index (χ4n) is 7.72. The Kier molecular flexibility index (Phi) is 19.5. The number of alkyl halides is 3. The maximum atomic E-state index is 13.9. The number of ether oxygens (including phenoxy) is 4. The van der Waals surface area contributed by atoms with E-state index in [0.29, 0.717) is 49.4 Å². The lowest BCUT2D eigenvalue weighted by Gasteiger charge is -2.35. The fraction of sp³-hybridized carbons (Fsp3) is 0.451. The Balaban J connectivity index is 0.805. The minimum absolute atomic E-state index is 0.00852. The number of amides is 3. The van der Waals surface area contributed by atoms with Crippen LogP contribution in [0.3, 0.4) is 0 Å². The van der Waals surface area contributed by atoms with E-state index in [4.69, 9.17) is 14.2 Å². The lowest BCUT2D eigenvalue weighted by atomic mass is 9.85. The van der Waals surface area contributed by atoms with Crippen LogP contribution in [0.1, 0.15) is 77.0 Å². The highest BCUT2D eigenvalue weighted by Gasteiger charge is 2.44. The van der Waals surface area contributed by atoms with Gasteiger partial charge < -0.3 is 44.9 Å². The minimum Gasteiger partial charge on any atom is -0.494 e. The molecule has 1 fully saturated rings. The van der Waals surface area contributed by atoms with Gasteiger partial charge >= 0.3 is 6.36 Å². The predicted molar refractivity (Wildman–Crippen MR) is 260 cm³/mol. The highest BCUT2D eigenvalue weighted by Crippen LogP contribution is 2.30. The second-order valence-electron chi connectivity index (χ2n) is 18.1. The van der Waals surface area contributed by atoms with Gasteiger partial charge in [0, 0.05) is 56.6 Å². The Morgan fingerprint density at radius 3 is 2.20 bits per heavy atom. The van der Waals surface area contributed by atoms with Crippen LogP contribution in [0, 0.1) is 12.3 Å². The molecule has 5 aromatic rings. The zero-order chi connectivity index (χ0) is 50.1. The quantitative estimate of drug-likeness (QED) is 0.0408. The predicted octanol–water partition coefficient (Wildman–Crippen LogP) is 8.78. The van der Waals surface area contributed by atoms with E-state index in [1.165, 1.54) is 35.5 Å². The van der Waals surface area contributed by atoms with Gasteiger partial charge in [-0.3, -0.25) is 14.4 Å². The van der Waals surface area contributed by atoms with Crippen LogP contribution in [0.15, 0.2) is 90.7 Å². The number of likely N-dealkylation sites (tertiary alicyclic amines) is 1. The van der Waals surface area contributed by atoms with Crippen molar-refractivity contribution in [3.63, 3.8) is 0 Å². The summed E-state index contributed by atoms with van der Waals surface area (Å²) in [5.41, 5.74) is 6.02. The lowest BCUT2D eigenvalue weighted by Crippen LogP contribution is -2.58. The van der Waals surface area contributed by atoms with Crippen molar-refractivity contribution in [2.75, 3.05) is 44.9 Å². The molecule has 15 nitrogen and oxygen atoms in total. The molecule has 2 unspecified atom stereocenters. The summed E-state index contributed by atoms with van der Waals surface area (Å²) in [7, 11) is 0. The molecule has 3 heterocycles. The minimum atomic E-state index is -4.76. The molecule has 1 saturated heterocycles. The van der Waals surface area contributed by atoms with Crippen molar-refractivity contribution in [3.8, 4) is 33.2 Å². The van der Waals surface area contributed by atoms with Crippen molar-refractivity contribution < 1.29 is 51.6 Å². The number of anilines is 2. The molecule has 6 rings (SSSR count). The van der Waals surface area contributed by atoms with Gasteiger partial charge in [0.15, 0.2) is 0 Å². The van der Waals surface area contributed by atoms with E-state index >= 15 is 0 Å². The van der Waals surface area contributed by atoms with Gasteiger partial charge in [-0.25, -0.2) is 15.0 Å². The number of β-amino-alcohol motifs (C(OH)–C–C–N with tert-alkyl or cyclic N) is 1. The van der Waals surface area contributed by atoms with Gasteiger partial charge in [-0.15, -0.1) is 24.5 Å². The molecule has 0 saturated carbocycles. The highest BCUT2D eigenvalue weighted by molar-refractivity contribution is 7.13. The zero-order valence-electron chi connectivity index (χ0n) is 39.9. The maximum absolute atomic E-state index is 13.9. The number of hydrogen-bond acceptors (Lipinski definition) is 13. The molecule has 0 bridgehead atoms. The normalized spacial score (nSPS) is 15.3. The van der Waals surface area contributed by atoms with Crippen LogP contribution in [0.4, 0.5) is 24.7 Å². The average molecular weight is 990 g/mol. The number of nitrogens with one attached hydrogen (secondary N) is 3. The van der Waals surface area contributed by atoms with Crippen LogP contribution in [0.2, 0.25) is 0 Å². The molecule has 4 N–H and O–H groups in total. The maximum Gasteiger partial charge on any atom is 0.573 e. The molecular formula is C51H62F3N7O8S. The lowest BCUT2D eigenvalue weighted by molar-refractivity contribution is -0.274. The first-order valence-corrected chi connectivity index (χ1v) is 24.3. The standard InChI is InChI=1S/C51H62F3N7O8S/c1-34-46(70-33-58-34)36-16-14-35(15-17-36)29-55-48(64)43-27-39(62)30-61(43)49(65)47(50(2,3)4)60-45(63)31-67-24-9-5-7-22-66-23-8-6-10-25-68-41-13-11-12-37(26-41)42-28-44(57-32-56-42)59-38-18-20-40(21-19-38)69-51(52,53)54/h11-21,26,28,32-33,39,43,47,62H,5-10,22-25,27,29-31H2,1-4H3,(H,55,64)(H,60,63)(H,56,57,59)/t39?,43?,47-/m1/s1. The number of aliphatic hydroxyl groups excluding tert-OH is 1. The van der Waals surface area contributed by atoms with E-state index in [0.717, 1.165) is 65.8 Å². The van der Waals surface area contributed by atoms with Crippen molar-refractivity contribution in [1.82, 2.24) is 30.5 Å². The van der Waals surface area contributed by atoms with Crippen LogP contribution >= 0.6 is 11.3 Å². The van der Waals surface area contributed by atoms with E-state index in [9.17, 15) is 32.7 Å². The van der Waals surface area contributed by atoms with Gasteiger partial charge in [0.25, 0.3) is 0 Å². The van der Waals surface area contributed by atoms with E-state index < -0.39 is 41.8 Å². The summed E-state index contributed by atoms with van der Waals surface area (Å²) in [4.78, 5) is 55.7. The Morgan fingerprint density at radius 2 is 1.53 bits per heavy atom. The number of carbonyl (C=O) groups is 3. The van der Waals surface area contributed by atoms with Gasteiger partial charge in [0.1, 0.15) is 42.3 Å². The molecule has 0 aliphatic carbocycles. The molecule has 70 heavy (non-hydrogen) atoms. The van der Waals surface area contributed by atoms with Gasteiger partial charge in [-0.05, 0) is 98.4 Å². The van der Waals surface area contributed by atoms with Crippen LogP contribution < -0.4 is 25.4 Å². The van der Waals surface area contributed by atoms with Crippen molar-refractivity contribution in [3.05, 3.63) is 102 Å². The fourth-order valence-corrected chi connectivity index (χ4v) is 8.54. The third-order valence-corrected chi connectivity index (χ3v) is 12.4. The van der Waals surface area contributed by atoms with Crippen LogP contribution in [0.5, 0.6) is 11.5 Å². The van der Waals surface area contributed by atoms with E-state index in [1.807, 2.05) is 81.7 Å². The Hall–Kier alpha value is -6.15. The summed E-state index contributed by atoms with van der Waals surface area (Å²) in [6, 6.07) is 20.7. The van der Waals surface area contributed by atoms with Gasteiger partial charge in [-0.1, -0.05) is 57.2 Å². The van der Waals surface area contributed by atoms with Crippen molar-refractivity contribution in [2.45, 2.75) is 104 Å². The number of rotatable bonds is 25. The first-order valence-electron chi connectivity index (χ1n) is 23.4. The van der Waals surface area contributed by atoms with Crippen LogP contribution in [-0.2, 0) is 30.4 Å². The number of aliphatic hydroxyl groups is 1. The van der Waals surface area contributed by atoms with E-state index in [2.05, 4.69) is 35.6 Å². The Bertz CT molecular complexity index is 2450. The Morgan fingerprint density at radius 1 is 0.829 bits per heavy atom. The number of carbonyl (C=O) groups excluding carboxylic acids is 3. The summed E-state index contributed by atoms with van der Waals surface area (Å²) in [6.45, 7) is 9.69.